The van der Waals surface area contributed by atoms with Gasteiger partial charge in [0.15, 0.2) is 5.82 Å². The van der Waals surface area contributed by atoms with E-state index in [4.69, 9.17) is 9.47 Å². The van der Waals surface area contributed by atoms with Crippen molar-refractivity contribution >= 4 is 11.9 Å². The second kappa shape index (κ2) is 9.18. The maximum Gasteiger partial charge on any atom is 0.410 e. The van der Waals surface area contributed by atoms with Crippen molar-refractivity contribution in [1.82, 2.24) is 25.1 Å². The van der Waals surface area contributed by atoms with Crippen LogP contribution in [-0.2, 0) is 4.74 Å². The van der Waals surface area contributed by atoms with Crippen LogP contribution in [0, 0.1) is 11.2 Å². The second-order valence-corrected chi connectivity index (χ2v) is 11.6. The summed E-state index contributed by atoms with van der Waals surface area (Å²) in [5.74, 6) is 1.35. The van der Waals surface area contributed by atoms with E-state index in [2.05, 4.69) is 25.1 Å². The zero-order valence-corrected chi connectivity index (χ0v) is 21.9. The summed E-state index contributed by atoms with van der Waals surface area (Å²) in [6, 6.07) is 8.39. The molecule has 2 aromatic heterocycles. The lowest BCUT2D eigenvalue weighted by Crippen LogP contribution is -2.60. The highest BCUT2D eigenvalue weighted by atomic mass is 19.1. The van der Waals surface area contributed by atoms with E-state index in [1.54, 1.807) is 17.2 Å². The first-order valence-electron chi connectivity index (χ1n) is 13.0. The summed E-state index contributed by atoms with van der Waals surface area (Å²) in [5, 5.41) is 8.20. The Balaban J connectivity index is 1.22. The van der Waals surface area contributed by atoms with Crippen LogP contribution in [-0.4, -0.2) is 62.9 Å². The lowest BCUT2D eigenvalue weighted by Gasteiger charge is -2.47. The van der Waals surface area contributed by atoms with Crippen LogP contribution in [0.25, 0.3) is 11.3 Å². The maximum atomic E-state index is 14.4. The molecule has 4 heterocycles. The number of likely N-dealkylation sites (tertiary alicyclic amines) is 1. The molecular weight excluding hydrogens is 487 g/mol. The van der Waals surface area contributed by atoms with Gasteiger partial charge in [-0.1, -0.05) is 6.07 Å². The third kappa shape index (κ3) is 4.87. The number of pyridine rings is 1. The molecule has 3 fully saturated rings. The average molecular weight is 519 g/mol. The Morgan fingerprint density at radius 1 is 1.13 bits per heavy atom. The number of aromatic nitrogens is 4. The number of ether oxygens (including phenoxy) is 2. The molecule has 10 heteroatoms. The maximum absolute atomic E-state index is 14.4. The lowest BCUT2D eigenvalue weighted by atomic mass is 9.79. The number of amides is 1. The molecule has 0 bridgehead atoms. The molecule has 1 amide bonds. The highest BCUT2D eigenvalue weighted by Crippen LogP contribution is 2.47. The fraction of sp³-hybridized carbons (Fsp3) is 0.464. The first-order valence-corrected chi connectivity index (χ1v) is 13.0. The van der Waals surface area contributed by atoms with Gasteiger partial charge in [-0.15, -0.1) is 10.2 Å². The molecule has 6 rings (SSSR count). The topological polar surface area (TPSA) is 93.6 Å². The van der Waals surface area contributed by atoms with E-state index in [0.717, 1.165) is 37.1 Å². The van der Waals surface area contributed by atoms with Gasteiger partial charge in [0.05, 0.1) is 5.69 Å². The summed E-state index contributed by atoms with van der Waals surface area (Å²) in [6.07, 6.45) is 5.95. The molecular formula is C28H31FN6O3. The highest BCUT2D eigenvalue weighted by Gasteiger charge is 2.51. The Hall–Kier alpha value is -3.82. The number of carbonyl (C=O) groups is 1. The number of anilines is 1. The van der Waals surface area contributed by atoms with Gasteiger partial charge in [-0.05, 0) is 75.8 Å². The summed E-state index contributed by atoms with van der Waals surface area (Å²) >= 11 is 0. The highest BCUT2D eigenvalue weighted by molar-refractivity contribution is 5.72. The molecule has 1 aliphatic carbocycles. The van der Waals surface area contributed by atoms with Crippen LogP contribution >= 0.6 is 0 Å². The molecule has 3 aliphatic rings. The fourth-order valence-electron chi connectivity index (χ4n) is 5.38. The van der Waals surface area contributed by atoms with Crippen molar-refractivity contribution in [1.29, 1.82) is 0 Å². The number of halogens is 1. The minimum absolute atomic E-state index is 0.0206. The quantitative estimate of drug-likeness (QED) is 0.456. The Morgan fingerprint density at radius 3 is 2.71 bits per heavy atom. The van der Waals surface area contributed by atoms with Gasteiger partial charge in [0.1, 0.15) is 23.5 Å². The molecule has 0 N–H and O–H groups in total. The second-order valence-electron chi connectivity index (χ2n) is 11.6. The molecule has 2 saturated heterocycles. The first-order chi connectivity index (χ1) is 18.2. The van der Waals surface area contributed by atoms with E-state index in [0.29, 0.717) is 42.7 Å². The van der Waals surface area contributed by atoms with Gasteiger partial charge in [-0.2, -0.15) is 0 Å². The molecule has 0 atom stereocenters. The number of hydrogen-bond donors (Lipinski definition) is 0. The SMILES string of the molecule is CC(C)(C)OC(=O)N1CC2(CCN(c3ncnnc3Oc3ccc(F)cc3-c3ncccc3C3CC3)C2)C1. The Kier molecular flexibility index (Phi) is 5.92. The van der Waals surface area contributed by atoms with E-state index >= 15 is 0 Å². The van der Waals surface area contributed by atoms with Gasteiger partial charge in [0, 0.05) is 43.4 Å². The van der Waals surface area contributed by atoms with Crippen LogP contribution in [0.5, 0.6) is 11.6 Å². The summed E-state index contributed by atoms with van der Waals surface area (Å²) < 4.78 is 26.2. The number of nitrogens with zero attached hydrogens (tertiary/aromatic N) is 6. The number of rotatable bonds is 5. The minimum Gasteiger partial charge on any atom is -0.444 e. The normalized spacial score (nSPS) is 18.4. The Morgan fingerprint density at radius 2 is 1.95 bits per heavy atom. The van der Waals surface area contributed by atoms with Crippen LogP contribution in [0.4, 0.5) is 15.0 Å². The van der Waals surface area contributed by atoms with Crippen LogP contribution in [0.3, 0.4) is 0 Å². The van der Waals surface area contributed by atoms with E-state index < -0.39 is 5.60 Å². The van der Waals surface area contributed by atoms with Crippen molar-refractivity contribution in [2.75, 3.05) is 31.1 Å². The third-order valence-electron chi connectivity index (χ3n) is 7.27. The van der Waals surface area contributed by atoms with Crippen molar-refractivity contribution in [2.45, 2.75) is 51.6 Å². The molecule has 0 radical (unpaired) electrons. The smallest absolute Gasteiger partial charge is 0.410 e. The van der Waals surface area contributed by atoms with Gasteiger partial charge in [0.2, 0.25) is 0 Å². The Bertz CT molecular complexity index is 1370. The predicted octanol–water partition coefficient (Wildman–Crippen LogP) is 5.19. The van der Waals surface area contributed by atoms with Gasteiger partial charge in [-0.25, -0.2) is 14.2 Å². The van der Waals surface area contributed by atoms with Crippen LogP contribution in [0.1, 0.15) is 51.5 Å². The standard InChI is InChI=1S/C28H31FN6O3/c1-27(2,3)38-26(36)35-15-28(16-35)10-12-34(14-28)24-25(33-32-17-31-24)37-22-9-8-19(29)13-21(22)23-20(18-6-7-18)5-4-11-30-23/h4-5,8-9,11,13,17-18H,6-7,10,12,14-16H2,1-3H3. The number of benzene rings is 1. The number of hydrogen-bond acceptors (Lipinski definition) is 8. The average Bonchev–Trinajstić information content (AvgIpc) is 3.61. The third-order valence-corrected chi connectivity index (χ3v) is 7.27. The molecule has 0 unspecified atom stereocenters. The number of carbonyl (C=O) groups excluding carboxylic acids is 1. The summed E-state index contributed by atoms with van der Waals surface area (Å²) in [6.45, 7) is 8.35. The van der Waals surface area contributed by atoms with E-state index in [-0.39, 0.29) is 23.2 Å². The van der Waals surface area contributed by atoms with Crippen molar-refractivity contribution in [3.63, 3.8) is 0 Å². The fourth-order valence-corrected chi connectivity index (χ4v) is 5.38. The van der Waals surface area contributed by atoms with Crippen LogP contribution in [0.15, 0.2) is 42.9 Å². The molecule has 1 aromatic carbocycles. The summed E-state index contributed by atoms with van der Waals surface area (Å²) in [7, 11) is 0. The zero-order chi connectivity index (χ0) is 26.5. The van der Waals surface area contributed by atoms with Gasteiger partial charge in [0.25, 0.3) is 5.88 Å². The summed E-state index contributed by atoms with van der Waals surface area (Å²) in [4.78, 5) is 25.4. The molecule has 1 spiro atoms. The van der Waals surface area contributed by atoms with E-state index in [1.807, 2.05) is 32.9 Å². The Labute approximate surface area is 221 Å². The van der Waals surface area contributed by atoms with Crippen molar-refractivity contribution in [3.8, 4) is 22.9 Å². The minimum atomic E-state index is -0.520. The van der Waals surface area contributed by atoms with E-state index in [1.165, 1.54) is 18.5 Å². The van der Waals surface area contributed by atoms with Gasteiger partial charge in [-0.3, -0.25) is 4.98 Å². The van der Waals surface area contributed by atoms with Crippen molar-refractivity contribution in [3.05, 3.63) is 54.2 Å². The zero-order valence-electron chi connectivity index (χ0n) is 21.9. The van der Waals surface area contributed by atoms with Crippen molar-refractivity contribution in [2.24, 2.45) is 5.41 Å². The largest absolute Gasteiger partial charge is 0.444 e. The molecule has 38 heavy (non-hydrogen) atoms. The van der Waals surface area contributed by atoms with Gasteiger partial charge < -0.3 is 19.3 Å². The van der Waals surface area contributed by atoms with Crippen molar-refractivity contribution < 1.29 is 18.7 Å². The monoisotopic (exact) mass is 518 g/mol. The molecule has 9 nitrogen and oxygen atoms in total. The van der Waals surface area contributed by atoms with E-state index in [9.17, 15) is 9.18 Å². The van der Waals surface area contributed by atoms with Gasteiger partial charge >= 0.3 is 6.09 Å². The molecule has 2 aliphatic heterocycles. The first kappa shape index (κ1) is 24.5. The molecule has 3 aromatic rings. The van der Waals surface area contributed by atoms with Crippen LogP contribution < -0.4 is 9.64 Å². The van der Waals surface area contributed by atoms with Crippen LogP contribution in [0.2, 0.25) is 0 Å². The molecule has 1 saturated carbocycles. The summed E-state index contributed by atoms with van der Waals surface area (Å²) in [5.41, 5.74) is 1.86. The lowest BCUT2D eigenvalue weighted by molar-refractivity contribution is -0.0266. The molecule has 198 valence electrons. The predicted molar refractivity (Wildman–Crippen MR) is 139 cm³/mol.